The Balaban J connectivity index is 1.84. The van der Waals surface area contributed by atoms with Crippen LogP contribution >= 0.6 is 0 Å². The second-order valence-electron chi connectivity index (χ2n) is 5.34. The molecule has 1 saturated carbocycles. The van der Waals surface area contributed by atoms with Crippen molar-refractivity contribution in [3.8, 4) is 0 Å². The molecular formula is C16H19NO. The maximum atomic E-state index is 12.1. The Kier molecular flexibility index (Phi) is 2.94. The molecule has 0 radical (unpaired) electrons. The summed E-state index contributed by atoms with van der Waals surface area (Å²) in [5, 5.41) is 0. The number of likely N-dealkylation sites (tertiary alicyclic amines) is 1. The Morgan fingerprint density at radius 2 is 1.72 bits per heavy atom. The van der Waals surface area contributed by atoms with Gasteiger partial charge in [0.05, 0.1) is 6.04 Å². The fourth-order valence-electron chi connectivity index (χ4n) is 3.23. The summed E-state index contributed by atoms with van der Waals surface area (Å²) in [6.07, 6.45) is 6.13. The fourth-order valence-corrected chi connectivity index (χ4v) is 3.23. The first-order valence-electron chi connectivity index (χ1n) is 6.85. The first-order chi connectivity index (χ1) is 8.79. The van der Waals surface area contributed by atoms with Gasteiger partial charge in [0.15, 0.2) is 0 Å². The highest BCUT2D eigenvalue weighted by molar-refractivity contribution is 6.01. The van der Waals surface area contributed by atoms with E-state index in [-0.39, 0.29) is 11.9 Å². The van der Waals surface area contributed by atoms with E-state index in [0.717, 1.165) is 18.4 Å². The molecule has 1 aliphatic heterocycles. The third-order valence-corrected chi connectivity index (χ3v) is 4.20. The second kappa shape index (κ2) is 4.60. The topological polar surface area (TPSA) is 20.3 Å². The van der Waals surface area contributed by atoms with Gasteiger partial charge in [0.2, 0.25) is 0 Å². The summed E-state index contributed by atoms with van der Waals surface area (Å²) in [4.78, 5) is 14.1. The highest BCUT2D eigenvalue weighted by Gasteiger charge is 2.45. The zero-order valence-corrected chi connectivity index (χ0v) is 10.6. The third kappa shape index (κ3) is 1.76. The normalized spacial score (nSPS) is 25.1. The van der Waals surface area contributed by atoms with Crippen LogP contribution in [0.5, 0.6) is 0 Å². The Hall–Kier alpha value is -1.57. The van der Waals surface area contributed by atoms with Crippen molar-refractivity contribution in [1.82, 2.24) is 4.90 Å². The van der Waals surface area contributed by atoms with Crippen molar-refractivity contribution in [3.63, 3.8) is 0 Å². The van der Waals surface area contributed by atoms with Crippen LogP contribution in [0, 0.1) is 0 Å². The van der Waals surface area contributed by atoms with Crippen molar-refractivity contribution in [2.75, 3.05) is 0 Å². The lowest BCUT2D eigenvalue weighted by atomic mass is 9.83. The molecule has 0 aromatic heterocycles. The van der Waals surface area contributed by atoms with Crippen LogP contribution in [0.15, 0.2) is 42.5 Å². The number of hydrogen-bond donors (Lipinski definition) is 0. The van der Waals surface area contributed by atoms with E-state index < -0.39 is 0 Å². The number of carbonyl (C=O) groups excluding carboxylic acids is 1. The van der Waals surface area contributed by atoms with Gasteiger partial charge < -0.3 is 4.90 Å². The van der Waals surface area contributed by atoms with Crippen LogP contribution in [-0.4, -0.2) is 16.8 Å². The minimum atomic E-state index is 0.127. The zero-order valence-electron chi connectivity index (χ0n) is 10.6. The van der Waals surface area contributed by atoms with E-state index in [4.69, 9.17) is 0 Å². The molecule has 0 N–H and O–H groups in total. The molecule has 94 valence electrons. The van der Waals surface area contributed by atoms with E-state index in [9.17, 15) is 4.79 Å². The van der Waals surface area contributed by atoms with E-state index in [2.05, 4.69) is 23.6 Å². The van der Waals surface area contributed by atoms with Crippen LogP contribution in [0.2, 0.25) is 0 Å². The average Bonchev–Trinajstić information content (AvgIpc) is 2.45. The maximum absolute atomic E-state index is 12.1. The van der Waals surface area contributed by atoms with Gasteiger partial charge in [-0.25, -0.2) is 0 Å². The van der Waals surface area contributed by atoms with Gasteiger partial charge in [-0.15, -0.1) is 0 Å². The lowest BCUT2D eigenvalue weighted by Crippen LogP contribution is -2.54. The molecule has 1 heterocycles. The molecule has 2 fully saturated rings. The van der Waals surface area contributed by atoms with Gasteiger partial charge in [0.1, 0.15) is 0 Å². The number of benzene rings is 1. The second-order valence-corrected chi connectivity index (χ2v) is 5.34. The molecule has 2 nitrogen and oxygen atoms in total. The maximum Gasteiger partial charge on any atom is 0.252 e. The minimum Gasteiger partial charge on any atom is -0.325 e. The summed E-state index contributed by atoms with van der Waals surface area (Å²) in [5.41, 5.74) is 1.96. The molecule has 1 aliphatic carbocycles. The lowest BCUT2D eigenvalue weighted by molar-refractivity contribution is -0.141. The third-order valence-electron chi connectivity index (χ3n) is 4.20. The van der Waals surface area contributed by atoms with Crippen molar-refractivity contribution >= 4 is 5.91 Å². The number of β-lactam (4-membered cyclic amide) rings is 1. The lowest BCUT2D eigenvalue weighted by Gasteiger charge is -2.48. The summed E-state index contributed by atoms with van der Waals surface area (Å²) in [6, 6.07) is 10.8. The molecule has 2 heteroatoms. The van der Waals surface area contributed by atoms with Crippen LogP contribution in [0.25, 0.3) is 0 Å². The van der Waals surface area contributed by atoms with E-state index in [1.54, 1.807) is 0 Å². The van der Waals surface area contributed by atoms with Crippen molar-refractivity contribution < 1.29 is 4.79 Å². The summed E-state index contributed by atoms with van der Waals surface area (Å²) >= 11 is 0. The van der Waals surface area contributed by atoms with Gasteiger partial charge in [0.25, 0.3) is 5.91 Å². The fraction of sp³-hybridized carbons (Fsp3) is 0.438. The standard InChI is InChI=1S/C16H19NO/c1-12-15(13-8-4-2-5-9-13)17(16(12)18)14-10-6-3-7-11-14/h2,4-5,8-9,14-15H,1,3,6-7,10-11H2/t15-/m0/s1. The van der Waals surface area contributed by atoms with Gasteiger partial charge in [0, 0.05) is 11.6 Å². The predicted octanol–water partition coefficient (Wildman–Crippen LogP) is 3.46. The van der Waals surface area contributed by atoms with E-state index in [1.807, 2.05) is 18.2 Å². The molecule has 0 spiro atoms. The molecule has 2 aliphatic rings. The number of nitrogens with zero attached hydrogens (tertiary/aromatic N) is 1. The highest BCUT2D eigenvalue weighted by atomic mass is 16.2. The molecule has 1 amide bonds. The molecule has 0 unspecified atom stereocenters. The van der Waals surface area contributed by atoms with Gasteiger partial charge in [-0.2, -0.15) is 0 Å². The number of amides is 1. The monoisotopic (exact) mass is 241 g/mol. The molecule has 0 bridgehead atoms. The zero-order chi connectivity index (χ0) is 12.5. The van der Waals surface area contributed by atoms with Crippen molar-refractivity contribution in [2.24, 2.45) is 0 Å². The highest BCUT2D eigenvalue weighted by Crippen LogP contribution is 2.42. The van der Waals surface area contributed by atoms with Crippen LogP contribution in [-0.2, 0) is 4.79 Å². The molecule has 18 heavy (non-hydrogen) atoms. The Morgan fingerprint density at radius 1 is 1.06 bits per heavy atom. The van der Waals surface area contributed by atoms with Gasteiger partial charge >= 0.3 is 0 Å². The number of hydrogen-bond acceptors (Lipinski definition) is 1. The molecule has 1 saturated heterocycles. The number of carbonyl (C=O) groups is 1. The van der Waals surface area contributed by atoms with Crippen molar-refractivity contribution in [1.29, 1.82) is 0 Å². The van der Waals surface area contributed by atoms with Crippen LogP contribution in [0.3, 0.4) is 0 Å². The Bertz CT molecular complexity index is 459. The quantitative estimate of drug-likeness (QED) is 0.573. The van der Waals surface area contributed by atoms with Crippen molar-refractivity contribution in [3.05, 3.63) is 48.0 Å². The predicted molar refractivity (Wildman–Crippen MR) is 72.0 cm³/mol. The first-order valence-corrected chi connectivity index (χ1v) is 6.85. The summed E-state index contributed by atoms with van der Waals surface area (Å²) in [5.74, 6) is 0.163. The van der Waals surface area contributed by atoms with E-state index in [1.165, 1.54) is 24.8 Å². The van der Waals surface area contributed by atoms with E-state index >= 15 is 0 Å². The SMILES string of the molecule is C=C1C(=O)N(C2CCCCC2)[C@@H]1c1ccccc1. The van der Waals surface area contributed by atoms with Crippen LogP contribution in [0.1, 0.15) is 43.7 Å². The van der Waals surface area contributed by atoms with Crippen molar-refractivity contribution in [2.45, 2.75) is 44.2 Å². The molecule has 3 rings (SSSR count). The summed E-state index contributed by atoms with van der Waals surface area (Å²) in [6.45, 7) is 3.95. The average molecular weight is 241 g/mol. The molecule has 1 aromatic rings. The molecular weight excluding hydrogens is 222 g/mol. The molecule has 1 aromatic carbocycles. The smallest absolute Gasteiger partial charge is 0.252 e. The molecule has 1 atom stereocenters. The van der Waals surface area contributed by atoms with Crippen LogP contribution < -0.4 is 0 Å². The Morgan fingerprint density at radius 3 is 2.39 bits per heavy atom. The van der Waals surface area contributed by atoms with Gasteiger partial charge in [-0.1, -0.05) is 56.2 Å². The summed E-state index contributed by atoms with van der Waals surface area (Å²) < 4.78 is 0. The Labute approximate surface area is 108 Å². The van der Waals surface area contributed by atoms with Gasteiger partial charge in [-0.3, -0.25) is 4.79 Å². The summed E-state index contributed by atoms with van der Waals surface area (Å²) in [7, 11) is 0. The largest absolute Gasteiger partial charge is 0.325 e. The van der Waals surface area contributed by atoms with E-state index in [0.29, 0.717) is 6.04 Å². The minimum absolute atomic E-state index is 0.127. The van der Waals surface area contributed by atoms with Crippen LogP contribution in [0.4, 0.5) is 0 Å². The number of rotatable bonds is 2. The first kappa shape index (κ1) is 11.5. The van der Waals surface area contributed by atoms with Gasteiger partial charge in [-0.05, 0) is 18.4 Å².